The van der Waals surface area contributed by atoms with Crippen LogP contribution in [-0.2, 0) is 30.2 Å². The summed E-state index contributed by atoms with van der Waals surface area (Å²) < 4.78 is 89.8. The molecule has 1 aliphatic rings. The Bertz CT molecular complexity index is 1080. The van der Waals surface area contributed by atoms with Crippen LogP contribution in [0.3, 0.4) is 0 Å². The molecule has 2 N–H and O–H groups in total. The number of halogens is 6. The van der Waals surface area contributed by atoms with Gasteiger partial charge in [-0.15, -0.1) is 0 Å². The predicted molar refractivity (Wildman–Crippen MR) is 130 cm³/mol. The second-order valence-electron chi connectivity index (χ2n) is 9.95. The molecule has 3 rings (SSSR count). The fraction of sp³-hybridized carbons (Fsp3) is 0.519. The number of benzene rings is 2. The van der Waals surface area contributed by atoms with E-state index < -0.39 is 35.4 Å². The van der Waals surface area contributed by atoms with Gasteiger partial charge in [0.25, 0.3) is 0 Å². The molecule has 0 heterocycles. The van der Waals surface area contributed by atoms with Crippen molar-refractivity contribution >= 4 is 5.91 Å². The lowest BCUT2D eigenvalue weighted by Crippen LogP contribution is -2.43. The molecule has 11 heteroatoms. The molecule has 0 radical (unpaired) electrons. The maximum Gasteiger partial charge on any atom is 0.416 e. The number of alkyl halides is 6. The van der Waals surface area contributed by atoms with Crippen LogP contribution < -0.4 is 20.1 Å². The largest absolute Gasteiger partial charge is 0.497 e. The van der Waals surface area contributed by atoms with Gasteiger partial charge in [0.05, 0.1) is 30.8 Å². The van der Waals surface area contributed by atoms with E-state index in [1.54, 1.807) is 20.3 Å². The number of methoxy groups -OCH3 is 2. The average Bonchev–Trinajstić information content (AvgIpc) is 3.30. The van der Waals surface area contributed by atoms with Crippen molar-refractivity contribution in [1.82, 2.24) is 10.6 Å². The van der Waals surface area contributed by atoms with Crippen LogP contribution in [0, 0.1) is 11.3 Å². The van der Waals surface area contributed by atoms with Gasteiger partial charge in [-0.05, 0) is 66.6 Å². The average molecular weight is 547 g/mol. The Morgan fingerprint density at radius 1 is 0.895 bits per heavy atom. The Hall–Kier alpha value is -2.95. The highest BCUT2D eigenvalue weighted by Crippen LogP contribution is 2.45. The number of carbonyl (C=O) groups excluding carboxylic acids is 1. The van der Waals surface area contributed by atoms with Gasteiger partial charge in [-0.3, -0.25) is 4.79 Å². The summed E-state index contributed by atoms with van der Waals surface area (Å²) in [6.45, 7) is 3.84. The predicted octanol–water partition coefficient (Wildman–Crippen LogP) is 6.34. The third-order valence-corrected chi connectivity index (χ3v) is 7.21. The molecule has 1 saturated carbocycles. The minimum atomic E-state index is -4.95. The summed E-state index contributed by atoms with van der Waals surface area (Å²) in [6, 6.07) is 6.85. The van der Waals surface area contributed by atoms with Crippen LogP contribution in [0.15, 0.2) is 36.4 Å². The SMILES string of the molecule is COc1cc(CN[C@@H]2CC[C@@](C(=O)NCc3cc(C(F)(F)F)cc(C(F)(F)F)c3)(C(C)C)C2)cc(OC)c1. The van der Waals surface area contributed by atoms with Gasteiger partial charge in [-0.2, -0.15) is 26.3 Å². The van der Waals surface area contributed by atoms with E-state index in [1.165, 1.54) is 0 Å². The molecule has 2 aromatic rings. The molecular formula is C27H32F6N2O3. The van der Waals surface area contributed by atoms with Gasteiger partial charge >= 0.3 is 12.4 Å². The van der Waals surface area contributed by atoms with Gasteiger partial charge in [0.2, 0.25) is 5.91 Å². The van der Waals surface area contributed by atoms with Crippen LogP contribution in [0.4, 0.5) is 26.3 Å². The van der Waals surface area contributed by atoms with Gasteiger partial charge in [0.1, 0.15) is 11.5 Å². The molecule has 210 valence electrons. The summed E-state index contributed by atoms with van der Waals surface area (Å²) in [7, 11) is 3.11. The van der Waals surface area contributed by atoms with E-state index in [9.17, 15) is 31.1 Å². The first-order chi connectivity index (χ1) is 17.7. The van der Waals surface area contributed by atoms with Crippen LogP contribution in [0.2, 0.25) is 0 Å². The minimum absolute atomic E-state index is 0.00858. The summed E-state index contributed by atoms with van der Waals surface area (Å²) in [5, 5.41) is 6.06. The maximum atomic E-state index is 13.3. The second-order valence-corrected chi connectivity index (χ2v) is 9.95. The van der Waals surface area contributed by atoms with E-state index in [0.717, 1.165) is 5.56 Å². The normalized spacial score (nSPS) is 20.0. The molecule has 0 aliphatic heterocycles. The van der Waals surface area contributed by atoms with Crippen molar-refractivity contribution in [1.29, 1.82) is 0 Å². The summed E-state index contributed by atoms with van der Waals surface area (Å²) in [6.07, 6.45) is -8.19. The number of hydrogen-bond acceptors (Lipinski definition) is 4. The number of rotatable bonds is 9. The van der Waals surface area contributed by atoms with Crippen molar-refractivity contribution in [3.63, 3.8) is 0 Å². The molecule has 2 aromatic carbocycles. The third kappa shape index (κ3) is 6.92. The highest BCUT2D eigenvalue weighted by Gasteiger charge is 2.47. The zero-order valence-corrected chi connectivity index (χ0v) is 21.6. The van der Waals surface area contributed by atoms with E-state index in [0.29, 0.717) is 49.4 Å². The summed E-state index contributed by atoms with van der Waals surface area (Å²) in [4.78, 5) is 13.3. The summed E-state index contributed by atoms with van der Waals surface area (Å²) >= 11 is 0. The topological polar surface area (TPSA) is 59.6 Å². The molecule has 38 heavy (non-hydrogen) atoms. The molecule has 1 aliphatic carbocycles. The molecule has 0 saturated heterocycles. The van der Waals surface area contributed by atoms with Crippen LogP contribution in [-0.4, -0.2) is 26.2 Å². The van der Waals surface area contributed by atoms with Crippen LogP contribution in [0.1, 0.15) is 55.4 Å². The molecule has 0 bridgehead atoms. The first kappa shape index (κ1) is 29.6. The van der Waals surface area contributed by atoms with Crippen LogP contribution >= 0.6 is 0 Å². The highest BCUT2D eigenvalue weighted by atomic mass is 19.4. The Labute approximate surface area is 217 Å². The molecule has 5 nitrogen and oxygen atoms in total. The lowest BCUT2D eigenvalue weighted by atomic mass is 9.74. The minimum Gasteiger partial charge on any atom is -0.497 e. The van der Waals surface area contributed by atoms with Crippen molar-refractivity contribution in [3.05, 3.63) is 58.7 Å². The standard InChI is InChI=1S/C27H32F6N2O3/c1-16(2)25(6-5-21(13-25)34-14-18-9-22(37-3)12-23(10-18)38-4)24(36)35-15-17-7-19(26(28,29)30)11-20(8-17)27(31,32)33/h7-12,16,21,34H,5-6,13-15H2,1-4H3,(H,35,36)/t21-,25+/m1/s1. The summed E-state index contributed by atoms with van der Waals surface area (Å²) in [5.41, 5.74) is -2.96. The first-order valence-electron chi connectivity index (χ1n) is 12.2. The number of amides is 1. The smallest absolute Gasteiger partial charge is 0.416 e. The van der Waals surface area contributed by atoms with Crippen molar-refractivity contribution < 1.29 is 40.6 Å². The molecule has 0 unspecified atom stereocenters. The zero-order chi connectivity index (χ0) is 28.3. The lowest BCUT2D eigenvalue weighted by Gasteiger charge is -2.32. The van der Waals surface area contributed by atoms with E-state index in [2.05, 4.69) is 10.6 Å². The molecule has 0 spiro atoms. The number of hydrogen-bond donors (Lipinski definition) is 2. The van der Waals surface area contributed by atoms with Crippen molar-refractivity contribution in [2.45, 2.75) is 64.6 Å². The van der Waals surface area contributed by atoms with Gasteiger partial charge in [0, 0.05) is 25.2 Å². The van der Waals surface area contributed by atoms with E-state index in [1.807, 2.05) is 26.0 Å². The molecule has 2 atom stereocenters. The zero-order valence-electron chi connectivity index (χ0n) is 21.6. The number of carbonyl (C=O) groups is 1. The number of ether oxygens (including phenoxy) is 2. The van der Waals surface area contributed by atoms with E-state index >= 15 is 0 Å². The summed E-state index contributed by atoms with van der Waals surface area (Å²) in [5.74, 6) is 0.808. The van der Waals surface area contributed by atoms with Gasteiger partial charge in [-0.25, -0.2) is 0 Å². The Kier molecular flexibility index (Phi) is 8.90. The Morgan fingerprint density at radius 3 is 1.89 bits per heavy atom. The van der Waals surface area contributed by atoms with E-state index in [4.69, 9.17) is 9.47 Å². The highest BCUT2D eigenvalue weighted by molar-refractivity contribution is 5.83. The Morgan fingerprint density at radius 2 is 1.42 bits per heavy atom. The van der Waals surface area contributed by atoms with Crippen molar-refractivity contribution in [2.75, 3.05) is 14.2 Å². The molecule has 0 aromatic heterocycles. The molecular weight excluding hydrogens is 514 g/mol. The van der Waals surface area contributed by atoms with Crippen LogP contribution in [0.25, 0.3) is 0 Å². The first-order valence-corrected chi connectivity index (χ1v) is 12.2. The number of nitrogens with one attached hydrogen (secondary N) is 2. The maximum absolute atomic E-state index is 13.3. The van der Waals surface area contributed by atoms with Gasteiger partial charge < -0.3 is 20.1 Å². The third-order valence-electron chi connectivity index (χ3n) is 7.21. The monoisotopic (exact) mass is 546 g/mol. The molecule has 1 fully saturated rings. The van der Waals surface area contributed by atoms with Gasteiger partial charge in [-0.1, -0.05) is 13.8 Å². The lowest BCUT2D eigenvalue weighted by molar-refractivity contribution is -0.143. The molecule has 1 amide bonds. The fourth-order valence-corrected chi connectivity index (χ4v) is 4.95. The van der Waals surface area contributed by atoms with Crippen molar-refractivity contribution in [2.24, 2.45) is 11.3 Å². The van der Waals surface area contributed by atoms with E-state index in [-0.39, 0.29) is 29.5 Å². The fourth-order valence-electron chi connectivity index (χ4n) is 4.95. The van der Waals surface area contributed by atoms with Crippen LogP contribution in [0.5, 0.6) is 11.5 Å². The van der Waals surface area contributed by atoms with Crippen molar-refractivity contribution in [3.8, 4) is 11.5 Å². The Balaban J connectivity index is 1.71. The quantitative estimate of drug-likeness (QED) is 0.361. The second kappa shape index (κ2) is 11.4. The van der Waals surface area contributed by atoms with Gasteiger partial charge in [0.15, 0.2) is 0 Å².